The van der Waals surface area contributed by atoms with Crippen LogP contribution < -0.4 is 11.1 Å². The molecule has 1 amide bonds. The molecule has 98 valence electrons. The topological polar surface area (TPSA) is 55.1 Å². The molecular weight excluding hydrogens is 212 g/mol. The van der Waals surface area contributed by atoms with Crippen molar-refractivity contribution in [3.8, 4) is 0 Å². The molecule has 0 aliphatic heterocycles. The predicted molar refractivity (Wildman–Crippen MR) is 69.6 cm³/mol. The van der Waals surface area contributed by atoms with Crippen molar-refractivity contribution >= 4 is 5.91 Å². The van der Waals surface area contributed by atoms with Crippen molar-refractivity contribution in [2.45, 2.75) is 69.7 Å². The van der Waals surface area contributed by atoms with Gasteiger partial charge in [-0.3, -0.25) is 4.79 Å². The second-order valence-electron chi connectivity index (χ2n) is 5.98. The fourth-order valence-electron chi connectivity index (χ4n) is 2.93. The monoisotopic (exact) mass is 238 g/mol. The minimum Gasteiger partial charge on any atom is -0.354 e. The van der Waals surface area contributed by atoms with E-state index in [9.17, 15) is 4.79 Å². The van der Waals surface area contributed by atoms with Crippen molar-refractivity contribution in [3.63, 3.8) is 0 Å². The van der Waals surface area contributed by atoms with Gasteiger partial charge in [0, 0.05) is 18.0 Å². The molecule has 2 fully saturated rings. The van der Waals surface area contributed by atoms with Crippen LogP contribution in [0.15, 0.2) is 0 Å². The molecule has 0 aromatic carbocycles. The van der Waals surface area contributed by atoms with Crippen molar-refractivity contribution in [2.24, 2.45) is 11.7 Å². The molecule has 0 aromatic rings. The molecule has 0 heterocycles. The second-order valence-corrected chi connectivity index (χ2v) is 5.98. The van der Waals surface area contributed by atoms with Crippen LogP contribution in [0, 0.1) is 5.92 Å². The summed E-state index contributed by atoms with van der Waals surface area (Å²) in [5.41, 5.74) is 6.04. The zero-order valence-corrected chi connectivity index (χ0v) is 10.8. The van der Waals surface area contributed by atoms with E-state index in [-0.39, 0.29) is 17.4 Å². The number of nitrogens with two attached hydrogens (primary N) is 1. The van der Waals surface area contributed by atoms with Gasteiger partial charge in [0.1, 0.15) is 0 Å². The van der Waals surface area contributed by atoms with Gasteiger partial charge in [-0.1, -0.05) is 32.1 Å². The van der Waals surface area contributed by atoms with E-state index in [1.165, 1.54) is 38.5 Å². The average molecular weight is 238 g/mol. The molecule has 0 atom stereocenters. The lowest BCUT2D eigenvalue weighted by Crippen LogP contribution is -2.55. The summed E-state index contributed by atoms with van der Waals surface area (Å²) >= 11 is 0. The maximum absolute atomic E-state index is 12.1. The van der Waals surface area contributed by atoms with Gasteiger partial charge in [0.05, 0.1) is 0 Å². The van der Waals surface area contributed by atoms with Crippen molar-refractivity contribution in [3.05, 3.63) is 0 Å². The summed E-state index contributed by atoms with van der Waals surface area (Å²) in [6.45, 7) is 0.683. The normalized spacial score (nSPS) is 25.5. The smallest absolute Gasteiger partial charge is 0.223 e. The first-order valence-corrected chi connectivity index (χ1v) is 7.26. The number of carbonyl (C=O) groups is 1. The SMILES string of the molecule is NC1(CNC(=O)C2CCCCCCC2)CCC1. The molecule has 2 saturated carbocycles. The second kappa shape index (κ2) is 5.85. The summed E-state index contributed by atoms with van der Waals surface area (Å²) in [5.74, 6) is 0.502. The fraction of sp³-hybridized carbons (Fsp3) is 0.929. The van der Waals surface area contributed by atoms with Crippen molar-refractivity contribution in [1.82, 2.24) is 5.32 Å². The predicted octanol–water partition coefficient (Wildman–Crippen LogP) is 2.34. The summed E-state index contributed by atoms with van der Waals surface area (Å²) in [6.07, 6.45) is 11.9. The van der Waals surface area contributed by atoms with Gasteiger partial charge in [0.15, 0.2) is 0 Å². The van der Waals surface area contributed by atoms with Crippen molar-refractivity contribution in [1.29, 1.82) is 0 Å². The highest BCUT2D eigenvalue weighted by Crippen LogP contribution is 2.28. The number of nitrogens with one attached hydrogen (secondary N) is 1. The Hall–Kier alpha value is -0.570. The van der Waals surface area contributed by atoms with E-state index < -0.39 is 0 Å². The van der Waals surface area contributed by atoms with E-state index in [4.69, 9.17) is 5.73 Å². The lowest BCUT2D eigenvalue weighted by molar-refractivity contribution is -0.126. The Morgan fingerprint density at radius 1 is 1.06 bits per heavy atom. The lowest BCUT2D eigenvalue weighted by atomic mass is 9.77. The zero-order chi connectivity index (χ0) is 12.1. The van der Waals surface area contributed by atoms with Crippen molar-refractivity contribution in [2.75, 3.05) is 6.54 Å². The highest BCUT2D eigenvalue weighted by Gasteiger charge is 2.33. The molecule has 0 aromatic heterocycles. The summed E-state index contributed by atoms with van der Waals surface area (Å²) in [4.78, 5) is 12.1. The first-order valence-electron chi connectivity index (χ1n) is 7.26. The van der Waals surface area contributed by atoms with Crippen LogP contribution in [-0.2, 0) is 4.79 Å². The van der Waals surface area contributed by atoms with Crippen LogP contribution in [0.1, 0.15) is 64.2 Å². The Morgan fingerprint density at radius 2 is 1.65 bits per heavy atom. The van der Waals surface area contributed by atoms with E-state index >= 15 is 0 Å². The Labute approximate surface area is 105 Å². The van der Waals surface area contributed by atoms with Crippen LogP contribution in [0.4, 0.5) is 0 Å². The summed E-state index contributed by atoms with van der Waals surface area (Å²) in [7, 11) is 0. The molecule has 0 saturated heterocycles. The van der Waals surface area contributed by atoms with Gasteiger partial charge in [0.25, 0.3) is 0 Å². The molecular formula is C14H26N2O. The first kappa shape index (κ1) is 12.9. The number of carbonyl (C=O) groups excluding carboxylic acids is 1. The van der Waals surface area contributed by atoms with Crippen LogP contribution in [0.2, 0.25) is 0 Å². The van der Waals surface area contributed by atoms with Gasteiger partial charge < -0.3 is 11.1 Å². The summed E-state index contributed by atoms with van der Waals surface area (Å²) < 4.78 is 0. The number of hydrogen-bond donors (Lipinski definition) is 2. The molecule has 0 bridgehead atoms. The molecule has 0 radical (unpaired) electrons. The molecule has 17 heavy (non-hydrogen) atoms. The Bertz CT molecular complexity index is 253. The van der Waals surface area contributed by atoms with Gasteiger partial charge in [0.2, 0.25) is 5.91 Å². The minimum atomic E-state index is -0.0860. The maximum Gasteiger partial charge on any atom is 0.223 e. The Morgan fingerprint density at radius 3 is 2.18 bits per heavy atom. The van der Waals surface area contributed by atoms with Crippen LogP contribution in [0.3, 0.4) is 0 Å². The highest BCUT2D eigenvalue weighted by atomic mass is 16.1. The molecule has 0 unspecified atom stereocenters. The van der Waals surface area contributed by atoms with Crippen LogP contribution in [0.25, 0.3) is 0 Å². The minimum absolute atomic E-state index is 0.0860. The van der Waals surface area contributed by atoms with Crippen LogP contribution >= 0.6 is 0 Å². The van der Waals surface area contributed by atoms with Crippen LogP contribution in [0.5, 0.6) is 0 Å². The maximum atomic E-state index is 12.1. The lowest BCUT2D eigenvalue weighted by Gasteiger charge is -2.38. The third-order valence-electron chi connectivity index (χ3n) is 4.44. The third-order valence-corrected chi connectivity index (χ3v) is 4.44. The standard InChI is InChI=1S/C14H26N2O/c15-14(9-6-10-14)11-16-13(17)12-7-4-2-1-3-5-8-12/h12H,1-11,15H2,(H,16,17). The highest BCUT2D eigenvalue weighted by molar-refractivity contribution is 5.78. The number of hydrogen-bond acceptors (Lipinski definition) is 2. The van der Waals surface area contributed by atoms with E-state index in [1.807, 2.05) is 0 Å². The van der Waals surface area contributed by atoms with E-state index in [1.54, 1.807) is 0 Å². The van der Waals surface area contributed by atoms with Crippen molar-refractivity contribution < 1.29 is 4.79 Å². The molecule has 2 aliphatic carbocycles. The quantitative estimate of drug-likeness (QED) is 0.793. The van der Waals surface area contributed by atoms with Gasteiger partial charge in [-0.25, -0.2) is 0 Å². The summed E-state index contributed by atoms with van der Waals surface area (Å²) in [5, 5.41) is 3.08. The Balaban J connectivity index is 1.73. The first-order chi connectivity index (χ1) is 8.20. The van der Waals surface area contributed by atoms with Gasteiger partial charge in [-0.05, 0) is 32.1 Å². The zero-order valence-electron chi connectivity index (χ0n) is 10.8. The van der Waals surface area contributed by atoms with Crippen LogP contribution in [-0.4, -0.2) is 18.0 Å². The number of rotatable bonds is 3. The molecule has 2 aliphatic rings. The summed E-state index contributed by atoms with van der Waals surface area (Å²) in [6, 6.07) is 0. The molecule has 3 nitrogen and oxygen atoms in total. The third kappa shape index (κ3) is 3.70. The average Bonchev–Trinajstić information content (AvgIpc) is 2.23. The van der Waals surface area contributed by atoms with E-state index in [2.05, 4.69) is 5.32 Å². The molecule has 3 heteroatoms. The molecule has 0 spiro atoms. The number of amides is 1. The molecule has 2 rings (SSSR count). The van der Waals surface area contributed by atoms with Gasteiger partial charge >= 0.3 is 0 Å². The van der Waals surface area contributed by atoms with E-state index in [0.717, 1.165) is 25.7 Å². The van der Waals surface area contributed by atoms with Gasteiger partial charge in [-0.15, -0.1) is 0 Å². The largest absolute Gasteiger partial charge is 0.354 e. The van der Waals surface area contributed by atoms with E-state index in [0.29, 0.717) is 6.54 Å². The van der Waals surface area contributed by atoms with Gasteiger partial charge in [-0.2, -0.15) is 0 Å². The Kier molecular flexibility index (Phi) is 4.43. The molecule has 3 N–H and O–H groups in total. The fourth-order valence-corrected chi connectivity index (χ4v) is 2.93.